The van der Waals surface area contributed by atoms with Crippen LogP contribution in [0.5, 0.6) is 0 Å². The van der Waals surface area contributed by atoms with Crippen molar-refractivity contribution in [2.45, 2.75) is 11.8 Å². The van der Waals surface area contributed by atoms with E-state index in [0.29, 0.717) is 0 Å². The fraction of sp³-hybridized carbons (Fsp3) is 0.667. The van der Waals surface area contributed by atoms with Gasteiger partial charge in [0.1, 0.15) is 11.2 Å². The smallest absolute Gasteiger partial charge is 0.165 e. The fourth-order valence-electron chi connectivity index (χ4n) is 0.452. The minimum Gasteiger partial charge on any atom is -0.298 e. The van der Waals surface area contributed by atoms with Crippen LogP contribution in [0, 0.1) is 0 Å². The van der Waals surface area contributed by atoms with Crippen molar-refractivity contribution in [3.63, 3.8) is 0 Å². The summed E-state index contributed by atoms with van der Waals surface area (Å²) in [6.45, 7) is 0. The summed E-state index contributed by atoms with van der Waals surface area (Å²) in [5.41, 5.74) is 0. The highest BCUT2D eigenvalue weighted by atomic mass is 35.5. The lowest BCUT2D eigenvalue weighted by Gasteiger charge is -2.02. The number of ketones is 2. The zero-order valence-electron chi connectivity index (χ0n) is 5.65. The molecule has 0 aromatic carbocycles. The number of alkyl halides is 3. The fourth-order valence-corrected chi connectivity index (χ4v) is 1.08. The van der Waals surface area contributed by atoms with Crippen LogP contribution in [0.25, 0.3) is 0 Å². The highest BCUT2D eigenvalue weighted by Crippen LogP contribution is 2.06. The lowest BCUT2D eigenvalue weighted by molar-refractivity contribution is -0.121. The summed E-state index contributed by atoms with van der Waals surface area (Å²) in [7, 11) is 0. The molecule has 0 spiro atoms. The summed E-state index contributed by atoms with van der Waals surface area (Å²) in [5.74, 6) is -0.861. The van der Waals surface area contributed by atoms with Crippen molar-refractivity contribution >= 4 is 46.4 Å². The first-order valence-corrected chi connectivity index (χ1v) is 4.42. The van der Waals surface area contributed by atoms with Crippen LogP contribution in [-0.2, 0) is 9.59 Å². The molecule has 1 atom stereocenters. The molecule has 0 saturated heterocycles. The SMILES string of the molecule is O=C(CCl)CC(Cl)C(=O)CCl. The Labute approximate surface area is 79.8 Å². The maximum absolute atomic E-state index is 10.7. The van der Waals surface area contributed by atoms with Crippen LogP contribution in [0.3, 0.4) is 0 Å². The highest BCUT2D eigenvalue weighted by molar-refractivity contribution is 6.39. The van der Waals surface area contributed by atoms with Crippen molar-refractivity contribution in [3.05, 3.63) is 0 Å². The zero-order valence-corrected chi connectivity index (χ0v) is 7.92. The second-order valence-corrected chi connectivity index (χ2v) is 3.01. The van der Waals surface area contributed by atoms with Gasteiger partial charge < -0.3 is 0 Å². The first-order valence-electron chi connectivity index (χ1n) is 2.92. The first kappa shape index (κ1) is 11.2. The normalized spacial score (nSPS) is 12.6. The van der Waals surface area contributed by atoms with Gasteiger partial charge in [-0.05, 0) is 0 Å². The second-order valence-electron chi connectivity index (χ2n) is 1.94. The second kappa shape index (κ2) is 5.81. The maximum atomic E-state index is 10.7. The predicted octanol–water partition coefficient (Wildman–Crippen LogP) is 1.60. The van der Waals surface area contributed by atoms with Gasteiger partial charge >= 0.3 is 0 Å². The number of rotatable bonds is 5. The standard InChI is InChI=1S/C6H7Cl3O2/c7-2-4(10)1-5(9)6(11)3-8/h5H,1-3H2. The Morgan fingerprint density at radius 2 is 1.73 bits per heavy atom. The van der Waals surface area contributed by atoms with Crippen LogP contribution in [0.4, 0.5) is 0 Å². The lowest BCUT2D eigenvalue weighted by atomic mass is 10.2. The van der Waals surface area contributed by atoms with E-state index >= 15 is 0 Å². The van der Waals surface area contributed by atoms with Gasteiger partial charge in [0.25, 0.3) is 0 Å². The third-order valence-electron chi connectivity index (χ3n) is 1.04. The summed E-state index contributed by atoms with van der Waals surface area (Å²) in [6, 6.07) is 0. The van der Waals surface area contributed by atoms with Crippen molar-refractivity contribution in [1.82, 2.24) is 0 Å². The van der Waals surface area contributed by atoms with E-state index in [1.165, 1.54) is 0 Å². The number of hydrogen-bond acceptors (Lipinski definition) is 2. The van der Waals surface area contributed by atoms with Crippen LogP contribution in [0.15, 0.2) is 0 Å². The van der Waals surface area contributed by atoms with Gasteiger partial charge in [0.05, 0.1) is 11.8 Å². The highest BCUT2D eigenvalue weighted by Gasteiger charge is 2.17. The molecule has 0 bridgehead atoms. The molecule has 0 amide bonds. The van der Waals surface area contributed by atoms with Crippen LogP contribution in [0.1, 0.15) is 6.42 Å². The summed E-state index contributed by atoms with van der Waals surface area (Å²) in [5, 5.41) is -0.821. The molecule has 11 heavy (non-hydrogen) atoms. The molecule has 0 aromatic heterocycles. The summed E-state index contributed by atoms with van der Waals surface area (Å²) < 4.78 is 0. The van der Waals surface area contributed by atoms with Gasteiger partial charge in [0.2, 0.25) is 0 Å². The van der Waals surface area contributed by atoms with Crippen LogP contribution in [-0.4, -0.2) is 28.7 Å². The summed E-state index contributed by atoms with van der Waals surface area (Å²) >= 11 is 15.9. The number of halogens is 3. The van der Waals surface area contributed by atoms with Gasteiger partial charge in [-0.1, -0.05) is 0 Å². The molecule has 0 heterocycles. The zero-order chi connectivity index (χ0) is 8.85. The van der Waals surface area contributed by atoms with E-state index in [1.54, 1.807) is 0 Å². The van der Waals surface area contributed by atoms with Crippen molar-refractivity contribution in [3.8, 4) is 0 Å². The average molecular weight is 217 g/mol. The van der Waals surface area contributed by atoms with Gasteiger partial charge in [-0.3, -0.25) is 9.59 Å². The van der Waals surface area contributed by atoms with E-state index in [2.05, 4.69) is 0 Å². The molecule has 1 unspecified atom stereocenters. The molecule has 64 valence electrons. The molecule has 5 heteroatoms. The molecular formula is C6H7Cl3O2. The number of Topliss-reactive ketones (excluding diaryl/α,β-unsaturated/α-hetero) is 2. The Morgan fingerprint density at radius 1 is 1.18 bits per heavy atom. The van der Waals surface area contributed by atoms with E-state index in [0.717, 1.165) is 0 Å². The molecule has 0 radical (unpaired) electrons. The molecule has 0 rings (SSSR count). The van der Waals surface area contributed by atoms with E-state index < -0.39 is 5.38 Å². The van der Waals surface area contributed by atoms with Gasteiger partial charge in [-0.15, -0.1) is 34.8 Å². The third kappa shape index (κ3) is 4.62. The summed E-state index contributed by atoms with van der Waals surface area (Å²) in [6.07, 6.45) is -0.0311. The lowest BCUT2D eigenvalue weighted by Crippen LogP contribution is -2.20. The first-order chi connectivity index (χ1) is 5.11. The monoisotopic (exact) mass is 216 g/mol. The number of hydrogen-bond donors (Lipinski definition) is 0. The van der Waals surface area contributed by atoms with Crippen molar-refractivity contribution in [1.29, 1.82) is 0 Å². The Bertz CT molecular complexity index is 158. The van der Waals surface area contributed by atoms with Crippen LogP contribution < -0.4 is 0 Å². The molecule has 0 saturated carbocycles. The average Bonchev–Trinajstić information content (AvgIpc) is 2.02. The van der Waals surface area contributed by atoms with Gasteiger partial charge in [-0.25, -0.2) is 0 Å². The molecule has 0 aliphatic heterocycles. The topological polar surface area (TPSA) is 34.1 Å². The summed E-state index contributed by atoms with van der Waals surface area (Å²) in [4.78, 5) is 21.3. The molecule has 2 nitrogen and oxygen atoms in total. The Hall–Kier alpha value is 0.210. The van der Waals surface area contributed by atoms with Crippen molar-refractivity contribution < 1.29 is 9.59 Å². The largest absolute Gasteiger partial charge is 0.298 e. The molecular weight excluding hydrogens is 210 g/mol. The van der Waals surface area contributed by atoms with Gasteiger partial charge in [0.15, 0.2) is 5.78 Å². The molecule has 0 fully saturated rings. The molecule has 0 N–H and O–H groups in total. The molecule has 0 aromatic rings. The molecule has 0 aliphatic carbocycles. The third-order valence-corrected chi connectivity index (χ3v) is 2.00. The van der Waals surface area contributed by atoms with E-state index in [1.807, 2.05) is 0 Å². The van der Waals surface area contributed by atoms with E-state index in [9.17, 15) is 9.59 Å². The minimum absolute atomic E-state index is 0.0311. The number of carbonyl (C=O) groups is 2. The maximum Gasteiger partial charge on any atom is 0.165 e. The van der Waals surface area contributed by atoms with Gasteiger partial charge in [0, 0.05) is 6.42 Å². The van der Waals surface area contributed by atoms with E-state index in [4.69, 9.17) is 34.8 Å². The Balaban J connectivity index is 3.77. The quantitative estimate of drug-likeness (QED) is 0.656. The Kier molecular flexibility index (Phi) is 5.92. The van der Waals surface area contributed by atoms with Crippen molar-refractivity contribution in [2.24, 2.45) is 0 Å². The minimum atomic E-state index is -0.821. The van der Waals surface area contributed by atoms with E-state index in [-0.39, 0.29) is 29.7 Å². The van der Waals surface area contributed by atoms with Crippen LogP contribution in [0.2, 0.25) is 0 Å². The van der Waals surface area contributed by atoms with Crippen LogP contribution >= 0.6 is 34.8 Å². The number of carbonyl (C=O) groups excluding carboxylic acids is 2. The predicted molar refractivity (Wildman–Crippen MR) is 45.7 cm³/mol. The molecule has 0 aliphatic rings. The van der Waals surface area contributed by atoms with Crippen molar-refractivity contribution in [2.75, 3.05) is 11.8 Å². The van der Waals surface area contributed by atoms with Gasteiger partial charge in [-0.2, -0.15) is 0 Å². The Morgan fingerprint density at radius 3 is 2.09 bits per heavy atom.